The Morgan fingerprint density at radius 3 is 2.75 bits per heavy atom. The molecule has 4 rings (SSSR count). The van der Waals surface area contributed by atoms with Crippen LogP contribution in [-0.4, -0.2) is 22.8 Å². The molecule has 0 bridgehead atoms. The van der Waals surface area contributed by atoms with Gasteiger partial charge in [-0.1, -0.05) is 24.3 Å². The lowest BCUT2D eigenvalue weighted by Crippen LogP contribution is -2.25. The minimum atomic E-state index is -0.280. The number of carbonyl (C=O) groups is 2. The zero-order valence-electron chi connectivity index (χ0n) is 18.1. The minimum absolute atomic E-state index is 0.111. The van der Waals surface area contributed by atoms with Gasteiger partial charge < -0.3 is 15.4 Å². The van der Waals surface area contributed by atoms with E-state index in [1.54, 1.807) is 29.5 Å². The molecular formula is C25H25N3O3S. The quantitative estimate of drug-likeness (QED) is 0.482. The van der Waals surface area contributed by atoms with Gasteiger partial charge in [-0.25, -0.2) is 4.98 Å². The van der Waals surface area contributed by atoms with Crippen molar-refractivity contribution in [3.63, 3.8) is 0 Å². The van der Waals surface area contributed by atoms with Crippen molar-refractivity contribution >= 4 is 34.9 Å². The molecule has 1 aromatic heterocycles. The van der Waals surface area contributed by atoms with Crippen molar-refractivity contribution in [2.24, 2.45) is 0 Å². The van der Waals surface area contributed by atoms with E-state index in [4.69, 9.17) is 4.74 Å². The Kier molecular flexibility index (Phi) is 6.66. The fourth-order valence-electron chi connectivity index (χ4n) is 3.11. The number of amides is 2. The van der Waals surface area contributed by atoms with Crippen molar-refractivity contribution in [1.82, 2.24) is 10.3 Å². The van der Waals surface area contributed by atoms with Gasteiger partial charge in [0.25, 0.3) is 5.91 Å². The minimum Gasteiger partial charge on any atom is -0.487 e. The number of ether oxygens (including phenoxy) is 1. The summed E-state index contributed by atoms with van der Waals surface area (Å²) in [4.78, 5) is 29.3. The van der Waals surface area contributed by atoms with Crippen LogP contribution in [0.15, 0.2) is 53.9 Å². The van der Waals surface area contributed by atoms with Gasteiger partial charge in [0, 0.05) is 34.3 Å². The average Bonchev–Trinajstić information content (AvgIpc) is 3.50. The maximum atomic E-state index is 12.6. The van der Waals surface area contributed by atoms with Crippen LogP contribution in [0.2, 0.25) is 0 Å². The Bertz CT molecular complexity index is 1160. The van der Waals surface area contributed by atoms with Gasteiger partial charge in [0.2, 0.25) is 5.91 Å². The molecule has 6 nitrogen and oxygen atoms in total. The molecule has 0 radical (unpaired) electrons. The number of hydrogen-bond donors (Lipinski definition) is 2. The van der Waals surface area contributed by atoms with Crippen molar-refractivity contribution in [2.45, 2.75) is 39.3 Å². The van der Waals surface area contributed by atoms with Crippen LogP contribution in [-0.2, 0) is 11.4 Å². The molecule has 7 heteroatoms. The third kappa shape index (κ3) is 5.82. The van der Waals surface area contributed by atoms with Crippen molar-refractivity contribution in [3.05, 3.63) is 81.3 Å². The highest BCUT2D eigenvalue weighted by Gasteiger charge is 2.24. The molecule has 1 fully saturated rings. The number of carbonyl (C=O) groups excluding carboxylic acids is 2. The smallest absolute Gasteiger partial charge is 0.251 e. The van der Waals surface area contributed by atoms with E-state index < -0.39 is 0 Å². The van der Waals surface area contributed by atoms with E-state index in [0.29, 0.717) is 23.6 Å². The Morgan fingerprint density at radius 1 is 1.19 bits per heavy atom. The molecule has 0 spiro atoms. The second-order valence-corrected chi connectivity index (χ2v) is 8.85. The number of aromatic nitrogens is 1. The first-order valence-electron chi connectivity index (χ1n) is 10.5. The summed E-state index contributed by atoms with van der Waals surface area (Å²) in [5.74, 6) is 0.287. The lowest BCUT2D eigenvalue weighted by atomic mass is 10.1. The molecular weight excluding hydrogens is 422 g/mol. The second kappa shape index (κ2) is 9.78. The summed E-state index contributed by atoms with van der Waals surface area (Å²) in [5.41, 5.74) is 3.72. The Labute approximate surface area is 191 Å². The first kappa shape index (κ1) is 21.8. The summed E-state index contributed by atoms with van der Waals surface area (Å²) >= 11 is 1.59. The summed E-state index contributed by atoms with van der Waals surface area (Å²) in [7, 11) is 0. The summed E-state index contributed by atoms with van der Waals surface area (Å²) in [6, 6.07) is 13.1. The van der Waals surface area contributed by atoms with Crippen LogP contribution >= 0.6 is 11.3 Å². The highest BCUT2D eigenvalue weighted by Crippen LogP contribution is 2.23. The molecule has 32 heavy (non-hydrogen) atoms. The standard InChI is InChI=1S/C25H25N3O3S/c1-16-7-8-19(25(30)27-20-10-11-20)13-22(16)28-24(29)12-9-18-5-3-4-6-23(18)31-14-21-15-32-17(2)26-21/h3-9,12-13,15,20H,10-11,14H2,1-2H3,(H,27,30)(H,28,29)/b12-9+. The normalized spacial score (nSPS) is 13.2. The Morgan fingerprint density at radius 2 is 2.00 bits per heavy atom. The van der Waals surface area contributed by atoms with E-state index in [0.717, 1.165) is 34.7 Å². The number of thiazole rings is 1. The van der Waals surface area contributed by atoms with E-state index >= 15 is 0 Å². The van der Waals surface area contributed by atoms with E-state index in [1.165, 1.54) is 6.08 Å². The van der Waals surface area contributed by atoms with E-state index in [-0.39, 0.29) is 17.9 Å². The van der Waals surface area contributed by atoms with Gasteiger partial charge in [0.05, 0.1) is 10.7 Å². The molecule has 1 heterocycles. The highest BCUT2D eigenvalue weighted by atomic mass is 32.1. The summed E-state index contributed by atoms with van der Waals surface area (Å²) in [6.07, 6.45) is 5.24. The number of hydrogen-bond acceptors (Lipinski definition) is 5. The van der Waals surface area contributed by atoms with Gasteiger partial charge in [-0.2, -0.15) is 0 Å². The van der Waals surface area contributed by atoms with Gasteiger partial charge in [0.15, 0.2) is 0 Å². The monoisotopic (exact) mass is 447 g/mol. The number of benzene rings is 2. The van der Waals surface area contributed by atoms with Crippen molar-refractivity contribution in [3.8, 4) is 5.75 Å². The number of anilines is 1. The molecule has 2 amide bonds. The third-order valence-corrected chi connectivity index (χ3v) is 5.87. The lowest BCUT2D eigenvalue weighted by Gasteiger charge is -2.10. The molecule has 3 aromatic rings. The largest absolute Gasteiger partial charge is 0.487 e. The van der Waals surface area contributed by atoms with Gasteiger partial charge in [-0.05, 0) is 56.5 Å². The molecule has 0 aliphatic heterocycles. The van der Waals surface area contributed by atoms with Gasteiger partial charge in [0.1, 0.15) is 12.4 Å². The van der Waals surface area contributed by atoms with E-state index in [9.17, 15) is 9.59 Å². The van der Waals surface area contributed by atoms with Crippen LogP contribution in [0.1, 0.15) is 45.0 Å². The van der Waals surface area contributed by atoms with E-state index in [1.807, 2.05) is 49.6 Å². The molecule has 0 unspecified atom stereocenters. The van der Waals surface area contributed by atoms with Crippen LogP contribution < -0.4 is 15.4 Å². The Hall–Kier alpha value is -3.45. The second-order valence-electron chi connectivity index (χ2n) is 7.78. The fourth-order valence-corrected chi connectivity index (χ4v) is 3.71. The topological polar surface area (TPSA) is 80.3 Å². The molecule has 0 saturated heterocycles. The lowest BCUT2D eigenvalue weighted by molar-refractivity contribution is -0.111. The predicted molar refractivity (Wildman–Crippen MR) is 127 cm³/mol. The maximum absolute atomic E-state index is 12.6. The molecule has 2 N–H and O–H groups in total. The number of rotatable bonds is 8. The predicted octanol–water partition coefficient (Wildman–Crippen LogP) is 4.88. The molecule has 0 atom stereocenters. The maximum Gasteiger partial charge on any atom is 0.251 e. The summed E-state index contributed by atoms with van der Waals surface area (Å²) < 4.78 is 5.90. The summed E-state index contributed by atoms with van der Waals surface area (Å²) in [6.45, 7) is 4.22. The van der Waals surface area contributed by atoms with Gasteiger partial charge >= 0.3 is 0 Å². The zero-order valence-corrected chi connectivity index (χ0v) is 18.9. The Balaban J connectivity index is 1.41. The van der Waals surface area contributed by atoms with E-state index in [2.05, 4.69) is 15.6 Å². The van der Waals surface area contributed by atoms with Crippen LogP contribution in [0.3, 0.4) is 0 Å². The zero-order chi connectivity index (χ0) is 22.5. The SMILES string of the molecule is Cc1nc(COc2ccccc2/C=C/C(=O)Nc2cc(C(=O)NC3CC3)ccc2C)cs1. The van der Waals surface area contributed by atoms with Crippen LogP contribution in [0.25, 0.3) is 6.08 Å². The molecule has 2 aromatic carbocycles. The number of nitrogens with one attached hydrogen (secondary N) is 2. The van der Waals surface area contributed by atoms with Crippen molar-refractivity contribution < 1.29 is 14.3 Å². The third-order valence-electron chi connectivity index (χ3n) is 5.05. The number of para-hydroxylation sites is 1. The van der Waals surface area contributed by atoms with Crippen molar-refractivity contribution in [1.29, 1.82) is 0 Å². The number of nitrogens with zero attached hydrogens (tertiary/aromatic N) is 1. The van der Waals surface area contributed by atoms with Crippen LogP contribution in [0.5, 0.6) is 5.75 Å². The fraction of sp³-hybridized carbons (Fsp3) is 0.240. The average molecular weight is 448 g/mol. The number of aryl methyl sites for hydroxylation is 2. The van der Waals surface area contributed by atoms with Crippen LogP contribution in [0.4, 0.5) is 5.69 Å². The molecule has 164 valence electrons. The highest BCUT2D eigenvalue weighted by molar-refractivity contribution is 7.09. The first-order chi connectivity index (χ1) is 15.5. The summed E-state index contributed by atoms with van der Waals surface area (Å²) in [5, 5.41) is 8.81. The molecule has 1 aliphatic rings. The van der Waals surface area contributed by atoms with Gasteiger partial charge in [-0.15, -0.1) is 11.3 Å². The van der Waals surface area contributed by atoms with Crippen LogP contribution in [0, 0.1) is 13.8 Å². The van der Waals surface area contributed by atoms with Gasteiger partial charge in [-0.3, -0.25) is 9.59 Å². The molecule has 1 saturated carbocycles. The molecule has 1 aliphatic carbocycles. The first-order valence-corrected chi connectivity index (χ1v) is 11.4. The van der Waals surface area contributed by atoms with Crippen molar-refractivity contribution in [2.75, 3.05) is 5.32 Å².